The molecule has 48 heavy (non-hydrogen) atoms. The molecule has 0 bridgehead atoms. The molecule has 2 aromatic heterocycles. The smallest absolute Gasteiger partial charge is 0.291 e. The molecule has 0 amide bonds. The van der Waals surface area contributed by atoms with E-state index >= 15 is 0 Å². The molecule has 9 heteroatoms. The van der Waals surface area contributed by atoms with E-state index in [1.54, 1.807) is 18.3 Å². The summed E-state index contributed by atoms with van der Waals surface area (Å²) in [7, 11) is 0. The van der Waals surface area contributed by atoms with Gasteiger partial charge in [0.15, 0.2) is 16.8 Å². The van der Waals surface area contributed by atoms with Crippen LogP contribution < -0.4 is 4.90 Å². The van der Waals surface area contributed by atoms with Crippen molar-refractivity contribution in [2.45, 2.75) is 120 Å². The van der Waals surface area contributed by atoms with Crippen molar-refractivity contribution < 1.29 is 4.79 Å². The van der Waals surface area contributed by atoms with E-state index in [0.29, 0.717) is 47.1 Å². The van der Waals surface area contributed by atoms with Gasteiger partial charge in [-0.3, -0.25) is 4.79 Å². The Hall–Kier alpha value is -3.64. The van der Waals surface area contributed by atoms with Crippen molar-refractivity contribution in [3.63, 3.8) is 0 Å². The molecule has 3 aromatic rings. The fraction of sp³-hybridized carbons (Fsp3) is 0.590. The predicted octanol–water partition coefficient (Wildman–Crippen LogP) is 10.2. The van der Waals surface area contributed by atoms with Gasteiger partial charge in [-0.25, -0.2) is 15.0 Å². The minimum atomic E-state index is -0.447. The van der Waals surface area contributed by atoms with Crippen molar-refractivity contribution in [3.8, 4) is 17.3 Å². The second-order valence-electron chi connectivity index (χ2n) is 13.8. The molecule has 4 rings (SSSR count). The average molecular weight is 670 g/mol. The number of aryl methyl sites for hydroxylation is 2. The number of nitrogens with zero attached hydrogens (tertiary/aromatic N) is 7. The number of carbonyl (C=O) groups is 1. The van der Waals surface area contributed by atoms with E-state index in [1.807, 2.05) is 0 Å². The van der Waals surface area contributed by atoms with Crippen LogP contribution in [0.25, 0.3) is 11.3 Å². The average Bonchev–Trinajstić information content (AvgIpc) is 3.70. The first-order valence-electron chi connectivity index (χ1n) is 18.2. The summed E-state index contributed by atoms with van der Waals surface area (Å²) in [5.41, 5.74) is 4.06. The van der Waals surface area contributed by atoms with Crippen molar-refractivity contribution >= 4 is 33.1 Å². The van der Waals surface area contributed by atoms with Crippen LogP contribution in [0.4, 0.5) is 10.1 Å². The van der Waals surface area contributed by atoms with Crippen LogP contribution in [0, 0.1) is 36.0 Å². The first kappa shape index (κ1) is 37.2. The van der Waals surface area contributed by atoms with Crippen LogP contribution in [0.3, 0.4) is 0 Å². The lowest BCUT2D eigenvalue weighted by atomic mass is 9.96. The Labute approximate surface area is 292 Å². The fourth-order valence-electron chi connectivity index (χ4n) is 6.19. The Morgan fingerprint density at radius 3 is 2.10 bits per heavy atom. The highest BCUT2D eigenvalue weighted by Crippen LogP contribution is 2.42. The molecule has 0 saturated carbocycles. The van der Waals surface area contributed by atoms with Crippen LogP contribution in [-0.4, -0.2) is 44.5 Å². The number of carbonyl (C=O) groups excluding carboxylic acids is 1. The number of hydrogen-bond donors (Lipinski definition) is 0. The lowest BCUT2D eigenvalue weighted by Crippen LogP contribution is -2.34. The van der Waals surface area contributed by atoms with Crippen LogP contribution in [0.5, 0.6) is 0 Å². The van der Waals surface area contributed by atoms with Gasteiger partial charge in [0.1, 0.15) is 28.0 Å². The lowest BCUT2D eigenvalue weighted by Gasteiger charge is -2.30. The zero-order chi connectivity index (χ0) is 34.8. The number of aromatic nitrogens is 4. The maximum absolute atomic E-state index is 13.3. The highest BCUT2D eigenvalue weighted by atomic mass is 32.1. The molecular weight excluding hydrogens is 615 g/mol. The van der Waals surface area contributed by atoms with Gasteiger partial charge in [-0.1, -0.05) is 121 Å². The third-order valence-corrected chi connectivity index (χ3v) is 10.5. The number of unbranched alkanes of at least 4 members (excludes halogenated alkanes) is 2. The molecule has 0 radical (unpaired) electrons. The van der Waals surface area contributed by atoms with Gasteiger partial charge in [0.05, 0.1) is 0 Å². The molecule has 0 saturated heterocycles. The largest absolute Gasteiger partial charge is 0.347 e. The number of aliphatic imine (C=N–C) groups is 1. The number of hydrogen-bond acceptors (Lipinski definition) is 8. The molecule has 0 N–H and O–H groups in total. The minimum absolute atomic E-state index is 0.0493. The van der Waals surface area contributed by atoms with E-state index in [9.17, 15) is 10.1 Å². The van der Waals surface area contributed by atoms with Crippen molar-refractivity contribution in [3.05, 3.63) is 52.6 Å². The Kier molecular flexibility index (Phi) is 13.7. The molecule has 2 atom stereocenters. The number of benzene rings is 1. The first-order chi connectivity index (χ1) is 23.1. The van der Waals surface area contributed by atoms with Gasteiger partial charge in [-0.2, -0.15) is 9.94 Å². The predicted molar refractivity (Wildman–Crippen MR) is 199 cm³/mol. The zero-order valence-corrected chi connectivity index (χ0v) is 31.3. The van der Waals surface area contributed by atoms with E-state index in [4.69, 9.17) is 15.0 Å². The summed E-state index contributed by atoms with van der Waals surface area (Å²) in [6.07, 6.45) is 11.1. The standard InChI is InChI=1S/C39H55N7OS/c1-9-13-15-29(11-3)24-45(25-30(12-4)16-14-10-2)39-43-35(31-20-18-27(7)19-21-31)37(48-39)42-34-28(8)32(23-40)38(47)46-36(34)41-33(44-46)22-17-26(5)6/h18-21,26,29-30H,9-17,22,24-25H2,1-8H3/b42-34-. The fourth-order valence-corrected chi connectivity index (χ4v) is 7.18. The molecule has 8 nitrogen and oxygen atoms in total. The molecule has 3 heterocycles. The molecule has 1 aromatic carbocycles. The summed E-state index contributed by atoms with van der Waals surface area (Å²) in [5.74, 6) is 2.20. The quantitative estimate of drug-likeness (QED) is 0.134. The summed E-state index contributed by atoms with van der Waals surface area (Å²) in [4.78, 5) is 31.3. The molecule has 258 valence electrons. The monoisotopic (exact) mass is 669 g/mol. The minimum Gasteiger partial charge on any atom is -0.347 e. The van der Waals surface area contributed by atoms with Gasteiger partial charge in [0.2, 0.25) is 0 Å². The van der Waals surface area contributed by atoms with Gasteiger partial charge in [-0.05, 0) is 50.9 Å². The van der Waals surface area contributed by atoms with E-state index in [2.05, 4.69) is 88.8 Å². The summed E-state index contributed by atoms with van der Waals surface area (Å²) < 4.78 is 1.28. The van der Waals surface area contributed by atoms with Gasteiger partial charge < -0.3 is 4.90 Å². The molecule has 0 aliphatic carbocycles. The first-order valence-corrected chi connectivity index (χ1v) is 19.0. The summed E-state index contributed by atoms with van der Waals surface area (Å²) in [6.45, 7) is 19.3. The van der Waals surface area contributed by atoms with Crippen molar-refractivity contribution in [2.24, 2.45) is 22.7 Å². The van der Waals surface area contributed by atoms with E-state index in [0.717, 1.165) is 53.7 Å². The van der Waals surface area contributed by atoms with Gasteiger partial charge >= 0.3 is 0 Å². The molecule has 0 spiro atoms. The Morgan fingerprint density at radius 1 is 0.938 bits per heavy atom. The molecular formula is C39H55N7OS. The summed E-state index contributed by atoms with van der Waals surface area (Å²) in [6, 6.07) is 10.5. The molecule has 2 unspecified atom stereocenters. The Morgan fingerprint density at radius 2 is 1.56 bits per heavy atom. The topological polar surface area (TPSA) is 100 Å². The maximum atomic E-state index is 13.3. The maximum Gasteiger partial charge on any atom is 0.291 e. The number of anilines is 1. The van der Waals surface area contributed by atoms with Crippen LogP contribution in [-0.2, 0) is 6.42 Å². The van der Waals surface area contributed by atoms with Crippen molar-refractivity contribution in [1.29, 1.82) is 5.26 Å². The number of thiazole rings is 1. The van der Waals surface area contributed by atoms with Crippen LogP contribution >= 0.6 is 11.3 Å². The van der Waals surface area contributed by atoms with Gasteiger partial charge in [0, 0.05) is 30.6 Å². The van der Waals surface area contributed by atoms with Crippen molar-refractivity contribution in [1.82, 2.24) is 19.7 Å². The Bertz CT molecular complexity index is 1600. The van der Waals surface area contributed by atoms with E-state index in [1.165, 1.54) is 48.8 Å². The second kappa shape index (κ2) is 17.7. The Balaban J connectivity index is 1.88. The highest BCUT2D eigenvalue weighted by Gasteiger charge is 2.33. The summed E-state index contributed by atoms with van der Waals surface area (Å²) in [5, 5.41) is 16.3. The van der Waals surface area contributed by atoms with Gasteiger partial charge in [-0.15, -0.1) is 5.10 Å². The van der Waals surface area contributed by atoms with Crippen LogP contribution in [0.15, 0.2) is 40.4 Å². The SMILES string of the molecule is CCCCC(CC)CN(CC(CC)CCCC)c1nc(-c2ccc(C)cc2)c(/N=C2/C(C)=C(C#N)C(=O)n3nc(CCC(C)C)nc32)s1. The number of nitriles is 1. The van der Waals surface area contributed by atoms with Crippen LogP contribution in [0.2, 0.25) is 0 Å². The third-order valence-electron chi connectivity index (χ3n) is 9.51. The normalized spacial score (nSPS) is 15.2. The van der Waals surface area contributed by atoms with E-state index in [-0.39, 0.29) is 5.57 Å². The lowest BCUT2D eigenvalue weighted by molar-refractivity contribution is 0.0941. The molecule has 1 aliphatic heterocycles. The molecule has 1 aliphatic rings. The van der Waals surface area contributed by atoms with Gasteiger partial charge in [0.25, 0.3) is 5.91 Å². The second-order valence-corrected chi connectivity index (χ2v) is 14.8. The number of fused-ring (bicyclic) bond motifs is 1. The van der Waals surface area contributed by atoms with Crippen LogP contribution in [0.1, 0.15) is 128 Å². The number of rotatable bonds is 18. The number of allylic oxidation sites excluding steroid dienone is 2. The van der Waals surface area contributed by atoms with Crippen molar-refractivity contribution in [2.75, 3.05) is 18.0 Å². The molecule has 0 fully saturated rings. The van der Waals surface area contributed by atoms with E-state index < -0.39 is 5.91 Å². The third kappa shape index (κ3) is 9.07. The zero-order valence-electron chi connectivity index (χ0n) is 30.5. The summed E-state index contributed by atoms with van der Waals surface area (Å²) >= 11 is 1.60. The highest BCUT2D eigenvalue weighted by molar-refractivity contribution is 7.19.